The lowest BCUT2D eigenvalue weighted by molar-refractivity contribution is -0.157. The Kier molecular flexibility index (Phi) is 5.21. The van der Waals surface area contributed by atoms with Crippen molar-refractivity contribution in [1.82, 2.24) is 9.55 Å². The molecule has 1 atom stereocenters. The first-order valence-electron chi connectivity index (χ1n) is 7.80. The quantitative estimate of drug-likeness (QED) is 0.861. The number of nitrogens with zero attached hydrogens (tertiary/aromatic N) is 2. The van der Waals surface area contributed by atoms with Gasteiger partial charge in [0, 0.05) is 24.9 Å². The number of ether oxygens (including phenoxy) is 1. The van der Waals surface area contributed by atoms with E-state index in [9.17, 15) is 4.79 Å². The molecule has 1 aromatic heterocycles. The molecule has 0 bridgehead atoms. The maximum absolute atomic E-state index is 11.9. The second kappa shape index (κ2) is 6.96. The number of imidazole rings is 1. The standard InChI is InChI=1S/C18H25N3O2/c1-13(15-7-5-6-14(10-15)11-19)16-20-8-9-21(16)12-23-17(22)18(2,3)4/h5-10,13H,11-12,19H2,1-4H3. The molecule has 2 rings (SSSR count). The molecular weight excluding hydrogens is 290 g/mol. The molecule has 0 spiro atoms. The van der Waals surface area contributed by atoms with Crippen LogP contribution in [0.3, 0.4) is 0 Å². The van der Waals surface area contributed by atoms with Gasteiger partial charge in [-0.1, -0.05) is 31.2 Å². The van der Waals surface area contributed by atoms with Gasteiger partial charge in [0.1, 0.15) is 5.82 Å². The summed E-state index contributed by atoms with van der Waals surface area (Å²) in [5.74, 6) is 0.723. The number of carbonyl (C=O) groups excluding carboxylic acids is 1. The van der Waals surface area contributed by atoms with E-state index in [1.165, 1.54) is 0 Å². The lowest BCUT2D eigenvalue weighted by atomic mass is 9.97. The van der Waals surface area contributed by atoms with Gasteiger partial charge in [-0.2, -0.15) is 0 Å². The van der Waals surface area contributed by atoms with Crippen LogP contribution in [0.1, 0.15) is 50.6 Å². The van der Waals surface area contributed by atoms with Crippen LogP contribution in [-0.2, 0) is 22.8 Å². The third kappa shape index (κ3) is 4.20. The summed E-state index contributed by atoms with van der Waals surface area (Å²) in [5.41, 5.74) is 7.43. The maximum Gasteiger partial charge on any atom is 0.312 e. The van der Waals surface area contributed by atoms with E-state index in [-0.39, 0.29) is 18.6 Å². The highest BCUT2D eigenvalue weighted by Gasteiger charge is 2.23. The van der Waals surface area contributed by atoms with Crippen molar-refractivity contribution in [2.75, 3.05) is 0 Å². The Morgan fingerprint density at radius 1 is 1.39 bits per heavy atom. The van der Waals surface area contributed by atoms with Crippen molar-refractivity contribution in [1.29, 1.82) is 0 Å². The maximum atomic E-state index is 11.9. The van der Waals surface area contributed by atoms with Crippen molar-refractivity contribution >= 4 is 5.97 Å². The largest absolute Gasteiger partial charge is 0.443 e. The minimum Gasteiger partial charge on any atom is -0.443 e. The monoisotopic (exact) mass is 315 g/mol. The molecule has 2 aromatic rings. The Morgan fingerprint density at radius 2 is 2.13 bits per heavy atom. The molecule has 1 aromatic carbocycles. The normalized spacial score (nSPS) is 12.9. The zero-order valence-corrected chi connectivity index (χ0v) is 14.2. The predicted octanol–water partition coefficient (Wildman–Crippen LogP) is 3.04. The van der Waals surface area contributed by atoms with E-state index in [1.54, 1.807) is 6.20 Å². The van der Waals surface area contributed by atoms with Crippen molar-refractivity contribution < 1.29 is 9.53 Å². The number of nitrogens with two attached hydrogens (primary N) is 1. The molecule has 2 N–H and O–H groups in total. The van der Waals surface area contributed by atoms with E-state index >= 15 is 0 Å². The number of rotatable bonds is 5. The minimum absolute atomic E-state index is 0.0878. The van der Waals surface area contributed by atoms with E-state index in [4.69, 9.17) is 10.5 Å². The van der Waals surface area contributed by atoms with E-state index in [2.05, 4.69) is 24.0 Å². The first kappa shape index (κ1) is 17.2. The van der Waals surface area contributed by atoms with E-state index in [1.807, 2.05) is 43.7 Å². The van der Waals surface area contributed by atoms with Crippen molar-refractivity contribution in [3.05, 3.63) is 53.6 Å². The van der Waals surface area contributed by atoms with Crippen LogP contribution < -0.4 is 5.73 Å². The fourth-order valence-corrected chi connectivity index (χ4v) is 2.29. The number of benzene rings is 1. The Morgan fingerprint density at radius 3 is 2.78 bits per heavy atom. The van der Waals surface area contributed by atoms with E-state index in [0.29, 0.717) is 6.54 Å². The summed E-state index contributed by atoms with van der Waals surface area (Å²) in [6.07, 6.45) is 3.55. The topological polar surface area (TPSA) is 70.1 Å². The molecule has 0 radical (unpaired) electrons. The molecule has 23 heavy (non-hydrogen) atoms. The van der Waals surface area contributed by atoms with Gasteiger partial charge in [0.2, 0.25) is 0 Å². The highest BCUT2D eigenvalue weighted by atomic mass is 16.5. The van der Waals surface area contributed by atoms with Gasteiger partial charge in [0.15, 0.2) is 6.73 Å². The summed E-state index contributed by atoms with van der Waals surface area (Å²) < 4.78 is 7.25. The van der Waals surface area contributed by atoms with Gasteiger partial charge in [-0.05, 0) is 31.9 Å². The van der Waals surface area contributed by atoms with Crippen LogP contribution >= 0.6 is 0 Å². The van der Waals surface area contributed by atoms with Gasteiger partial charge in [-0.25, -0.2) is 4.98 Å². The van der Waals surface area contributed by atoms with Crippen LogP contribution in [-0.4, -0.2) is 15.5 Å². The summed E-state index contributed by atoms with van der Waals surface area (Å²) in [7, 11) is 0. The van der Waals surface area contributed by atoms with Gasteiger partial charge < -0.3 is 15.0 Å². The molecule has 0 aliphatic carbocycles. The van der Waals surface area contributed by atoms with Gasteiger partial charge in [0.25, 0.3) is 0 Å². The molecule has 0 aliphatic heterocycles. The van der Waals surface area contributed by atoms with Crippen LogP contribution in [0.4, 0.5) is 0 Å². The average Bonchev–Trinajstić information content (AvgIpc) is 2.99. The fraction of sp³-hybridized carbons (Fsp3) is 0.444. The summed E-state index contributed by atoms with van der Waals surface area (Å²) in [6.45, 7) is 8.28. The van der Waals surface area contributed by atoms with Crippen LogP contribution in [0.15, 0.2) is 36.7 Å². The second-order valence-electron chi connectivity index (χ2n) is 6.74. The summed E-state index contributed by atoms with van der Waals surface area (Å²) in [6, 6.07) is 8.16. The molecule has 1 unspecified atom stereocenters. The first-order valence-corrected chi connectivity index (χ1v) is 7.80. The number of carbonyl (C=O) groups is 1. The minimum atomic E-state index is -0.512. The Labute approximate surface area is 137 Å². The second-order valence-corrected chi connectivity index (χ2v) is 6.74. The molecule has 124 valence electrons. The molecule has 5 nitrogen and oxygen atoms in total. The summed E-state index contributed by atoms with van der Waals surface area (Å²) in [5, 5.41) is 0. The molecule has 0 aliphatic rings. The molecule has 0 saturated heterocycles. The summed E-state index contributed by atoms with van der Waals surface area (Å²) >= 11 is 0. The highest BCUT2D eigenvalue weighted by molar-refractivity contribution is 5.75. The van der Waals surface area contributed by atoms with Crippen LogP contribution in [0.25, 0.3) is 0 Å². The fourth-order valence-electron chi connectivity index (χ4n) is 2.29. The molecule has 5 heteroatoms. The van der Waals surface area contributed by atoms with Crippen LogP contribution in [0.5, 0.6) is 0 Å². The zero-order chi connectivity index (χ0) is 17.0. The highest BCUT2D eigenvalue weighted by Crippen LogP contribution is 2.24. The van der Waals surface area contributed by atoms with Gasteiger partial charge >= 0.3 is 5.97 Å². The predicted molar refractivity (Wildman–Crippen MR) is 89.6 cm³/mol. The van der Waals surface area contributed by atoms with Crippen LogP contribution in [0, 0.1) is 5.41 Å². The molecule has 0 amide bonds. The lowest BCUT2D eigenvalue weighted by Gasteiger charge is -2.19. The number of aromatic nitrogens is 2. The summed E-state index contributed by atoms with van der Waals surface area (Å²) in [4.78, 5) is 16.4. The Balaban J connectivity index is 2.15. The lowest BCUT2D eigenvalue weighted by Crippen LogP contribution is -2.24. The first-order chi connectivity index (χ1) is 10.8. The SMILES string of the molecule is CC(c1cccc(CN)c1)c1nccn1COC(=O)C(C)(C)C. The Bertz CT molecular complexity index is 671. The Hall–Kier alpha value is -2.14. The molecule has 1 heterocycles. The molecular formula is C18H25N3O2. The average molecular weight is 315 g/mol. The van der Waals surface area contributed by atoms with Gasteiger partial charge in [-0.15, -0.1) is 0 Å². The van der Waals surface area contributed by atoms with Gasteiger partial charge in [-0.3, -0.25) is 4.79 Å². The number of esters is 1. The van der Waals surface area contributed by atoms with Gasteiger partial charge in [0.05, 0.1) is 5.41 Å². The van der Waals surface area contributed by atoms with Crippen molar-refractivity contribution in [3.63, 3.8) is 0 Å². The van der Waals surface area contributed by atoms with Crippen LogP contribution in [0.2, 0.25) is 0 Å². The smallest absolute Gasteiger partial charge is 0.312 e. The third-order valence-electron chi connectivity index (χ3n) is 3.77. The van der Waals surface area contributed by atoms with E-state index < -0.39 is 5.41 Å². The molecule has 0 saturated carbocycles. The van der Waals surface area contributed by atoms with Crippen molar-refractivity contribution in [3.8, 4) is 0 Å². The zero-order valence-electron chi connectivity index (χ0n) is 14.2. The number of hydrogen-bond donors (Lipinski definition) is 1. The third-order valence-corrected chi connectivity index (χ3v) is 3.77. The molecule has 0 fully saturated rings. The van der Waals surface area contributed by atoms with Crippen molar-refractivity contribution in [2.45, 2.75) is 46.9 Å². The number of hydrogen-bond acceptors (Lipinski definition) is 4. The van der Waals surface area contributed by atoms with Crippen molar-refractivity contribution in [2.24, 2.45) is 11.1 Å². The van der Waals surface area contributed by atoms with E-state index in [0.717, 1.165) is 17.0 Å².